The van der Waals surface area contributed by atoms with Crippen molar-refractivity contribution in [3.05, 3.63) is 24.3 Å². The van der Waals surface area contributed by atoms with Gasteiger partial charge in [-0.25, -0.2) is 9.97 Å². The summed E-state index contributed by atoms with van der Waals surface area (Å²) in [7, 11) is 0. The second-order valence-electron chi connectivity index (χ2n) is 9.85. The van der Waals surface area contributed by atoms with Gasteiger partial charge in [-0.1, -0.05) is 89.9 Å². The maximum absolute atomic E-state index is 5.12. The SMILES string of the molecule is c1cn2cc(C3CCCCCCC3)nc(NCCC3CCCCCCCCC3)c2n1. The number of rotatable bonds is 5. The van der Waals surface area contributed by atoms with Crippen LogP contribution in [0.4, 0.5) is 5.82 Å². The molecule has 2 aromatic rings. The van der Waals surface area contributed by atoms with E-state index in [0.29, 0.717) is 5.92 Å². The van der Waals surface area contributed by atoms with E-state index >= 15 is 0 Å². The van der Waals surface area contributed by atoms with E-state index in [2.05, 4.69) is 27.1 Å². The molecule has 0 aliphatic heterocycles. The molecule has 0 spiro atoms. The summed E-state index contributed by atoms with van der Waals surface area (Å²) < 4.78 is 2.19. The highest BCUT2D eigenvalue weighted by atomic mass is 15.1. The van der Waals surface area contributed by atoms with Crippen LogP contribution >= 0.6 is 0 Å². The molecule has 0 unspecified atom stereocenters. The lowest BCUT2D eigenvalue weighted by molar-refractivity contribution is 0.375. The molecule has 4 heteroatoms. The molecule has 2 aromatic heterocycles. The first-order valence-electron chi connectivity index (χ1n) is 13.0. The molecule has 2 aliphatic carbocycles. The predicted octanol–water partition coefficient (Wildman–Crippen LogP) is 7.50. The molecule has 2 saturated carbocycles. The Morgan fingerprint density at radius 3 is 2.07 bits per heavy atom. The average molecular weight is 411 g/mol. The summed E-state index contributed by atoms with van der Waals surface area (Å²) >= 11 is 0. The number of nitrogens with zero attached hydrogens (tertiary/aromatic N) is 3. The lowest BCUT2D eigenvalue weighted by atomic mass is 9.89. The van der Waals surface area contributed by atoms with E-state index in [-0.39, 0.29) is 0 Å². The molecule has 166 valence electrons. The number of hydrogen-bond acceptors (Lipinski definition) is 3. The lowest BCUT2D eigenvalue weighted by Crippen LogP contribution is -2.14. The molecule has 0 bridgehead atoms. The third kappa shape index (κ3) is 6.21. The van der Waals surface area contributed by atoms with E-state index in [4.69, 9.17) is 4.98 Å². The summed E-state index contributed by atoms with van der Waals surface area (Å²) in [6.45, 7) is 1.02. The zero-order valence-corrected chi connectivity index (χ0v) is 19.0. The lowest BCUT2D eigenvalue weighted by Gasteiger charge is -2.21. The molecule has 0 radical (unpaired) electrons. The maximum Gasteiger partial charge on any atom is 0.180 e. The standard InChI is InChI=1S/C26H42N4/c1-2-5-9-13-22(14-10-6-3-1)17-18-27-25-26-28-19-20-30(26)21-24(29-25)23-15-11-7-4-8-12-16-23/h19-23H,1-18H2,(H,27,29). The van der Waals surface area contributed by atoms with Crippen molar-refractivity contribution >= 4 is 11.5 Å². The van der Waals surface area contributed by atoms with Gasteiger partial charge in [0.1, 0.15) is 0 Å². The summed E-state index contributed by atoms with van der Waals surface area (Å²) in [5.41, 5.74) is 2.25. The first-order valence-corrected chi connectivity index (χ1v) is 13.0. The Morgan fingerprint density at radius 2 is 1.40 bits per heavy atom. The number of fused-ring (bicyclic) bond motifs is 1. The van der Waals surface area contributed by atoms with Gasteiger partial charge in [-0.3, -0.25) is 0 Å². The maximum atomic E-state index is 5.12. The Hall–Kier alpha value is -1.58. The van der Waals surface area contributed by atoms with Gasteiger partial charge in [0.05, 0.1) is 5.69 Å². The van der Waals surface area contributed by atoms with Gasteiger partial charge in [-0.05, 0) is 25.2 Å². The molecular formula is C26H42N4. The van der Waals surface area contributed by atoms with Crippen LogP contribution in [-0.2, 0) is 0 Å². The number of anilines is 1. The fourth-order valence-corrected chi connectivity index (χ4v) is 5.60. The van der Waals surface area contributed by atoms with Crippen molar-refractivity contribution in [1.82, 2.24) is 14.4 Å². The fraction of sp³-hybridized carbons (Fsp3) is 0.769. The van der Waals surface area contributed by atoms with Gasteiger partial charge in [0, 0.05) is 31.1 Å². The van der Waals surface area contributed by atoms with Crippen LogP contribution in [0.15, 0.2) is 18.6 Å². The van der Waals surface area contributed by atoms with Crippen LogP contribution in [0, 0.1) is 5.92 Å². The summed E-state index contributed by atoms with van der Waals surface area (Å²) in [6.07, 6.45) is 29.8. The highest BCUT2D eigenvalue weighted by Gasteiger charge is 2.18. The average Bonchev–Trinajstić information content (AvgIpc) is 3.21. The summed E-state index contributed by atoms with van der Waals surface area (Å²) in [6, 6.07) is 0. The molecule has 4 rings (SSSR count). The van der Waals surface area contributed by atoms with Crippen molar-refractivity contribution in [2.75, 3.05) is 11.9 Å². The molecule has 0 atom stereocenters. The molecule has 0 amide bonds. The quantitative estimate of drug-likeness (QED) is 0.555. The summed E-state index contributed by atoms with van der Waals surface area (Å²) in [5, 5.41) is 3.70. The van der Waals surface area contributed by atoms with E-state index in [1.807, 2.05) is 6.20 Å². The molecule has 2 heterocycles. The van der Waals surface area contributed by atoms with Gasteiger partial charge in [0.15, 0.2) is 11.5 Å². The minimum atomic E-state index is 0.607. The Balaban J connectivity index is 1.39. The van der Waals surface area contributed by atoms with Crippen molar-refractivity contribution in [1.29, 1.82) is 0 Å². The summed E-state index contributed by atoms with van der Waals surface area (Å²) in [4.78, 5) is 9.71. The number of aromatic nitrogens is 3. The van der Waals surface area contributed by atoms with E-state index in [1.54, 1.807) is 0 Å². The fourth-order valence-electron chi connectivity index (χ4n) is 5.60. The largest absolute Gasteiger partial charge is 0.367 e. The van der Waals surface area contributed by atoms with Gasteiger partial charge < -0.3 is 9.72 Å². The van der Waals surface area contributed by atoms with Crippen LogP contribution in [-0.4, -0.2) is 20.9 Å². The molecular weight excluding hydrogens is 368 g/mol. The Morgan fingerprint density at radius 1 is 0.800 bits per heavy atom. The van der Waals surface area contributed by atoms with Gasteiger partial charge in [0.25, 0.3) is 0 Å². The van der Waals surface area contributed by atoms with Crippen molar-refractivity contribution in [3.8, 4) is 0 Å². The normalized spacial score (nSPS) is 21.2. The van der Waals surface area contributed by atoms with E-state index in [0.717, 1.165) is 23.9 Å². The zero-order chi connectivity index (χ0) is 20.4. The zero-order valence-electron chi connectivity index (χ0n) is 19.0. The van der Waals surface area contributed by atoms with Crippen LogP contribution in [0.2, 0.25) is 0 Å². The molecule has 0 saturated heterocycles. The monoisotopic (exact) mass is 410 g/mol. The second-order valence-corrected chi connectivity index (χ2v) is 9.85. The first kappa shape index (κ1) is 21.6. The van der Waals surface area contributed by atoms with Crippen molar-refractivity contribution in [2.24, 2.45) is 5.92 Å². The van der Waals surface area contributed by atoms with Gasteiger partial charge in [-0.2, -0.15) is 0 Å². The number of hydrogen-bond donors (Lipinski definition) is 1. The smallest absolute Gasteiger partial charge is 0.180 e. The molecule has 2 fully saturated rings. The molecule has 2 aliphatic rings. The highest BCUT2D eigenvalue weighted by Crippen LogP contribution is 2.31. The number of imidazole rings is 1. The van der Waals surface area contributed by atoms with Crippen molar-refractivity contribution < 1.29 is 0 Å². The van der Waals surface area contributed by atoms with Crippen LogP contribution in [0.5, 0.6) is 0 Å². The minimum Gasteiger partial charge on any atom is -0.367 e. The highest BCUT2D eigenvalue weighted by molar-refractivity contribution is 5.62. The molecule has 4 nitrogen and oxygen atoms in total. The van der Waals surface area contributed by atoms with Crippen LogP contribution in [0.3, 0.4) is 0 Å². The topological polar surface area (TPSA) is 42.2 Å². The van der Waals surface area contributed by atoms with Gasteiger partial charge in [-0.15, -0.1) is 0 Å². The van der Waals surface area contributed by atoms with E-state index in [1.165, 1.54) is 115 Å². The Labute approximate surface area is 183 Å². The third-order valence-corrected chi connectivity index (χ3v) is 7.49. The Bertz CT molecular complexity index is 735. The minimum absolute atomic E-state index is 0.607. The van der Waals surface area contributed by atoms with Gasteiger partial charge in [0.2, 0.25) is 0 Å². The first-order chi connectivity index (χ1) is 14.9. The molecule has 1 N–H and O–H groups in total. The van der Waals surface area contributed by atoms with Crippen LogP contribution in [0.1, 0.15) is 121 Å². The van der Waals surface area contributed by atoms with Crippen LogP contribution in [0.25, 0.3) is 5.65 Å². The van der Waals surface area contributed by atoms with E-state index < -0.39 is 0 Å². The van der Waals surface area contributed by atoms with Crippen molar-refractivity contribution in [3.63, 3.8) is 0 Å². The van der Waals surface area contributed by atoms with Crippen LogP contribution < -0.4 is 5.32 Å². The predicted molar refractivity (Wildman–Crippen MR) is 126 cm³/mol. The second kappa shape index (κ2) is 11.7. The third-order valence-electron chi connectivity index (χ3n) is 7.49. The molecule has 0 aromatic carbocycles. The Kier molecular flexibility index (Phi) is 8.45. The van der Waals surface area contributed by atoms with E-state index in [9.17, 15) is 0 Å². The summed E-state index contributed by atoms with van der Waals surface area (Å²) in [5.74, 6) is 2.48. The van der Waals surface area contributed by atoms with Gasteiger partial charge >= 0.3 is 0 Å². The number of nitrogens with one attached hydrogen (secondary N) is 1. The molecule has 30 heavy (non-hydrogen) atoms. The van der Waals surface area contributed by atoms with Crippen molar-refractivity contribution in [2.45, 2.75) is 115 Å².